The minimum absolute atomic E-state index is 0.113. The van der Waals surface area contributed by atoms with Crippen LogP contribution in [-0.2, 0) is 11.8 Å². The largest absolute Gasteiger partial charge is 0.342 e. The highest BCUT2D eigenvalue weighted by molar-refractivity contribution is 7.99. The van der Waals surface area contributed by atoms with Gasteiger partial charge in [-0.2, -0.15) is 0 Å². The Labute approximate surface area is 193 Å². The van der Waals surface area contributed by atoms with Crippen LogP contribution >= 0.6 is 11.8 Å². The Morgan fingerprint density at radius 2 is 1.78 bits per heavy atom. The first-order valence-corrected chi connectivity index (χ1v) is 11.5. The van der Waals surface area contributed by atoms with Crippen molar-refractivity contribution < 1.29 is 9.59 Å². The highest BCUT2D eigenvalue weighted by Crippen LogP contribution is 2.21. The molecule has 2 amide bonds. The van der Waals surface area contributed by atoms with E-state index in [4.69, 9.17) is 0 Å². The van der Waals surface area contributed by atoms with E-state index in [1.54, 1.807) is 10.6 Å². The smallest absolute Gasteiger partial charge is 0.251 e. The molecule has 168 valence electrons. The number of amides is 2. The predicted molar refractivity (Wildman–Crippen MR) is 128 cm³/mol. The Morgan fingerprint density at radius 1 is 1.06 bits per heavy atom. The zero-order valence-electron chi connectivity index (χ0n) is 19.0. The molecule has 0 aliphatic carbocycles. The van der Waals surface area contributed by atoms with Crippen molar-refractivity contribution in [3.8, 4) is 0 Å². The van der Waals surface area contributed by atoms with Gasteiger partial charge in [0.15, 0.2) is 11.0 Å². The molecular weight excluding hydrogens is 422 g/mol. The highest BCUT2D eigenvalue weighted by atomic mass is 32.2. The second kappa shape index (κ2) is 10.5. The monoisotopic (exact) mass is 451 g/mol. The van der Waals surface area contributed by atoms with Gasteiger partial charge in [-0.15, -0.1) is 10.2 Å². The summed E-state index contributed by atoms with van der Waals surface area (Å²) in [5.74, 6) is 1.00. The molecule has 1 aromatic heterocycles. The molecule has 0 unspecified atom stereocenters. The molecule has 7 nitrogen and oxygen atoms in total. The molecule has 32 heavy (non-hydrogen) atoms. The van der Waals surface area contributed by atoms with Gasteiger partial charge in [-0.3, -0.25) is 9.59 Å². The van der Waals surface area contributed by atoms with Crippen molar-refractivity contribution in [2.45, 2.75) is 44.8 Å². The average Bonchev–Trinajstić information content (AvgIpc) is 3.13. The fourth-order valence-electron chi connectivity index (χ4n) is 3.24. The van der Waals surface area contributed by atoms with Crippen LogP contribution < -0.4 is 10.6 Å². The van der Waals surface area contributed by atoms with E-state index in [9.17, 15) is 9.59 Å². The van der Waals surface area contributed by atoms with Gasteiger partial charge in [0.25, 0.3) is 5.91 Å². The second-order valence-corrected chi connectivity index (χ2v) is 9.02. The molecular formula is C24H29N5O2S. The van der Waals surface area contributed by atoms with E-state index in [0.717, 1.165) is 11.3 Å². The van der Waals surface area contributed by atoms with Gasteiger partial charge in [0.05, 0.1) is 11.8 Å². The van der Waals surface area contributed by atoms with Crippen LogP contribution in [0.4, 0.5) is 5.69 Å². The van der Waals surface area contributed by atoms with E-state index in [0.29, 0.717) is 22.5 Å². The number of aromatic nitrogens is 3. The van der Waals surface area contributed by atoms with E-state index < -0.39 is 0 Å². The third kappa shape index (κ3) is 5.97. The maximum Gasteiger partial charge on any atom is 0.251 e. The van der Waals surface area contributed by atoms with Gasteiger partial charge < -0.3 is 15.2 Å². The number of hydrogen-bond donors (Lipinski definition) is 2. The van der Waals surface area contributed by atoms with Gasteiger partial charge in [-0.1, -0.05) is 55.4 Å². The highest BCUT2D eigenvalue weighted by Gasteiger charge is 2.19. The molecule has 2 N–H and O–H groups in total. The number of nitrogens with zero attached hydrogens (tertiary/aromatic N) is 3. The maximum atomic E-state index is 12.5. The SMILES string of the molecule is Cc1cccc(C(=O)N[C@H](C)c2nnc(SCC(=O)Nc3ccc(C(C)C)cc3)n2C)c1. The van der Waals surface area contributed by atoms with E-state index in [1.807, 2.05) is 63.4 Å². The first-order valence-electron chi connectivity index (χ1n) is 10.5. The van der Waals surface area contributed by atoms with Crippen LogP contribution in [0, 0.1) is 6.92 Å². The van der Waals surface area contributed by atoms with Crippen molar-refractivity contribution in [1.29, 1.82) is 0 Å². The summed E-state index contributed by atoms with van der Waals surface area (Å²) < 4.78 is 1.80. The molecule has 3 rings (SSSR count). The molecule has 0 fully saturated rings. The van der Waals surface area contributed by atoms with Crippen LogP contribution in [0.1, 0.15) is 60.0 Å². The van der Waals surface area contributed by atoms with Gasteiger partial charge in [0, 0.05) is 18.3 Å². The molecule has 0 aliphatic rings. The summed E-state index contributed by atoms with van der Waals surface area (Å²) in [5, 5.41) is 14.9. The summed E-state index contributed by atoms with van der Waals surface area (Å²) in [7, 11) is 1.83. The van der Waals surface area contributed by atoms with Crippen molar-refractivity contribution in [2.24, 2.45) is 7.05 Å². The van der Waals surface area contributed by atoms with Crippen LogP contribution in [0.2, 0.25) is 0 Å². The number of hydrogen-bond acceptors (Lipinski definition) is 5. The lowest BCUT2D eigenvalue weighted by atomic mass is 10.0. The van der Waals surface area contributed by atoms with Crippen LogP contribution in [0.15, 0.2) is 53.7 Å². The number of nitrogens with one attached hydrogen (secondary N) is 2. The molecule has 2 aromatic carbocycles. The minimum atomic E-state index is -0.330. The van der Waals surface area contributed by atoms with E-state index >= 15 is 0 Å². The third-order valence-electron chi connectivity index (χ3n) is 5.08. The molecule has 8 heteroatoms. The van der Waals surface area contributed by atoms with Gasteiger partial charge in [0.2, 0.25) is 5.91 Å². The van der Waals surface area contributed by atoms with Gasteiger partial charge >= 0.3 is 0 Å². The third-order valence-corrected chi connectivity index (χ3v) is 6.10. The number of carbonyl (C=O) groups is 2. The molecule has 0 bridgehead atoms. The number of benzene rings is 2. The Kier molecular flexibility index (Phi) is 7.69. The van der Waals surface area contributed by atoms with E-state index in [1.165, 1.54) is 17.3 Å². The summed E-state index contributed by atoms with van der Waals surface area (Å²) in [5.41, 5.74) is 3.63. The molecule has 0 saturated carbocycles. The van der Waals surface area contributed by atoms with Gasteiger partial charge in [-0.25, -0.2) is 0 Å². The lowest BCUT2D eigenvalue weighted by Crippen LogP contribution is -2.28. The number of aryl methyl sites for hydroxylation is 1. The fraction of sp³-hybridized carbons (Fsp3) is 0.333. The lowest BCUT2D eigenvalue weighted by molar-refractivity contribution is -0.113. The van der Waals surface area contributed by atoms with Crippen LogP contribution in [-0.4, -0.2) is 32.3 Å². The molecule has 0 aliphatic heterocycles. The lowest BCUT2D eigenvalue weighted by Gasteiger charge is -2.14. The normalized spacial score (nSPS) is 11.9. The van der Waals surface area contributed by atoms with E-state index in [-0.39, 0.29) is 23.6 Å². The zero-order chi connectivity index (χ0) is 23.3. The first kappa shape index (κ1) is 23.5. The summed E-state index contributed by atoms with van der Waals surface area (Å²) in [6, 6.07) is 15.0. The minimum Gasteiger partial charge on any atom is -0.342 e. The zero-order valence-corrected chi connectivity index (χ0v) is 19.9. The summed E-state index contributed by atoms with van der Waals surface area (Å²) in [6.07, 6.45) is 0. The predicted octanol–water partition coefficient (Wildman–Crippen LogP) is 4.47. The molecule has 0 radical (unpaired) electrons. The maximum absolute atomic E-state index is 12.5. The molecule has 3 aromatic rings. The summed E-state index contributed by atoms with van der Waals surface area (Å²) in [4.78, 5) is 24.9. The summed E-state index contributed by atoms with van der Waals surface area (Å²) in [6.45, 7) is 8.07. The average molecular weight is 452 g/mol. The number of thioether (sulfide) groups is 1. The number of carbonyl (C=O) groups excluding carboxylic acids is 2. The summed E-state index contributed by atoms with van der Waals surface area (Å²) >= 11 is 1.30. The quantitative estimate of drug-likeness (QED) is 0.493. The Hall–Kier alpha value is -3.13. The molecule has 0 spiro atoms. The first-order chi connectivity index (χ1) is 15.2. The molecule has 1 heterocycles. The Balaban J connectivity index is 1.55. The van der Waals surface area contributed by atoms with Crippen molar-refractivity contribution >= 4 is 29.3 Å². The van der Waals surface area contributed by atoms with Gasteiger partial charge in [0.1, 0.15) is 0 Å². The van der Waals surface area contributed by atoms with Crippen LogP contribution in [0.5, 0.6) is 0 Å². The van der Waals surface area contributed by atoms with Crippen molar-refractivity contribution in [2.75, 3.05) is 11.1 Å². The number of rotatable bonds is 8. The van der Waals surface area contributed by atoms with Crippen molar-refractivity contribution in [3.63, 3.8) is 0 Å². The Morgan fingerprint density at radius 3 is 2.44 bits per heavy atom. The van der Waals surface area contributed by atoms with Crippen LogP contribution in [0.3, 0.4) is 0 Å². The van der Waals surface area contributed by atoms with Crippen molar-refractivity contribution in [1.82, 2.24) is 20.1 Å². The van der Waals surface area contributed by atoms with Crippen LogP contribution in [0.25, 0.3) is 0 Å². The standard InChI is InChI=1S/C24H29N5O2S/c1-15(2)18-9-11-20(12-10-18)26-21(30)14-32-24-28-27-22(29(24)5)17(4)25-23(31)19-8-6-7-16(3)13-19/h6-13,15,17H,14H2,1-5H3,(H,25,31)(H,26,30)/t17-/m1/s1. The van der Waals surface area contributed by atoms with Gasteiger partial charge in [-0.05, 0) is 49.6 Å². The second-order valence-electron chi connectivity index (χ2n) is 8.08. The molecule has 1 atom stereocenters. The van der Waals surface area contributed by atoms with Crippen molar-refractivity contribution in [3.05, 3.63) is 71.0 Å². The topological polar surface area (TPSA) is 88.9 Å². The van der Waals surface area contributed by atoms with E-state index in [2.05, 4.69) is 34.7 Å². The Bertz CT molecular complexity index is 1090. The molecule has 0 saturated heterocycles. The number of anilines is 1. The fourth-order valence-corrected chi connectivity index (χ4v) is 3.96.